The van der Waals surface area contributed by atoms with E-state index in [1.165, 1.54) is 16.8 Å². The molecule has 0 aliphatic heterocycles. The first-order chi connectivity index (χ1) is 15.5. The van der Waals surface area contributed by atoms with Crippen molar-refractivity contribution in [2.24, 2.45) is 0 Å². The van der Waals surface area contributed by atoms with E-state index in [0.29, 0.717) is 12.5 Å². The molecule has 7 heteroatoms. The second-order valence-corrected chi connectivity index (χ2v) is 8.54. The van der Waals surface area contributed by atoms with Gasteiger partial charge in [-0.2, -0.15) is 13.1 Å². The summed E-state index contributed by atoms with van der Waals surface area (Å²) >= 11 is 0. The zero-order valence-corrected chi connectivity index (χ0v) is 18.1. The summed E-state index contributed by atoms with van der Waals surface area (Å²) in [4.78, 5) is 0.0368. The minimum absolute atomic E-state index is 0.0368. The summed E-state index contributed by atoms with van der Waals surface area (Å²) < 4.78 is 36.7. The first-order valence-corrected chi connectivity index (χ1v) is 11.2. The van der Waals surface area contributed by atoms with Crippen molar-refractivity contribution in [2.45, 2.75) is 18.4 Å². The smallest absolute Gasteiger partial charge is 0.347 e. The Labute approximate surface area is 187 Å². The van der Waals surface area contributed by atoms with Crippen LogP contribution in [0, 0.1) is 19.1 Å². The van der Waals surface area contributed by atoms with Crippen LogP contribution in [0.2, 0.25) is 0 Å². The predicted molar refractivity (Wildman–Crippen MR) is 121 cm³/mol. The van der Waals surface area contributed by atoms with E-state index in [2.05, 4.69) is 17.2 Å². The SMILES string of the molecule is Cc1ccc(S(=O)(=O)OC#Cn2cc(-c3ccccc3)c(OCc3ccccc3)n2)cc1. The van der Waals surface area contributed by atoms with Crippen LogP contribution < -0.4 is 4.74 Å². The Morgan fingerprint density at radius 3 is 2.25 bits per heavy atom. The second-order valence-electron chi connectivity index (χ2n) is 7.00. The Kier molecular flexibility index (Phi) is 6.24. The van der Waals surface area contributed by atoms with Gasteiger partial charge in [-0.05, 0) is 30.2 Å². The van der Waals surface area contributed by atoms with Gasteiger partial charge in [-0.25, -0.2) is 0 Å². The molecule has 0 spiro atoms. The Bertz CT molecular complexity index is 1350. The van der Waals surface area contributed by atoms with Crippen molar-refractivity contribution in [1.82, 2.24) is 9.78 Å². The van der Waals surface area contributed by atoms with Gasteiger partial charge in [0.15, 0.2) is 6.11 Å². The summed E-state index contributed by atoms with van der Waals surface area (Å²) in [6.07, 6.45) is 3.90. The maximum Gasteiger partial charge on any atom is 0.347 e. The van der Waals surface area contributed by atoms with Gasteiger partial charge >= 0.3 is 10.1 Å². The lowest BCUT2D eigenvalue weighted by atomic mass is 10.1. The summed E-state index contributed by atoms with van der Waals surface area (Å²) in [6, 6.07) is 28.3. The fraction of sp³-hybridized carbons (Fsp3) is 0.0800. The molecule has 0 aliphatic carbocycles. The molecule has 0 amide bonds. The van der Waals surface area contributed by atoms with Crippen molar-refractivity contribution < 1.29 is 17.3 Å². The van der Waals surface area contributed by atoms with E-state index in [1.807, 2.05) is 67.6 Å². The van der Waals surface area contributed by atoms with Crippen molar-refractivity contribution in [3.63, 3.8) is 0 Å². The molecule has 0 radical (unpaired) electrons. The van der Waals surface area contributed by atoms with Gasteiger partial charge in [-0.15, -0.1) is 5.10 Å². The second kappa shape index (κ2) is 9.41. The molecule has 3 aromatic carbocycles. The van der Waals surface area contributed by atoms with E-state index in [9.17, 15) is 8.42 Å². The van der Waals surface area contributed by atoms with Crippen LogP contribution in [0.15, 0.2) is 96.0 Å². The number of nitrogens with zero attached hydrogens (tertiary/aromatic N) is 2. The van der Waals surface area contributed by atoms with Crippen LogP contribution >= 0.6 is 0 Å². The van der Waals surface area contributed by atoms with E-state index in [-0.39, 0.29) is 4.90 Å². The lowest BCUT2D eigenvalue weighted by molar-refractivity contribution is 0.293. The number of aromatic nitrogens is 2. The largest absolute Gasteiger partial charge is 0.471 e. The number of benzene rings is 3. The summed E-state index contributed by atoms with van der Waals surface area (Å²) in [6.45, 7) is 2.21. The van der Waals surface area contributed by atoms with Crippen LogP contribution in [-0.4, -0.2) is 18.2 Å². The molecule has 0 atom stereocenters. The highest BCUT2D eigenvalue weighted by Crippen LogP contribution is 2.29. The average Bonchev–Trinajstić information content (AvgIpc) is 3.22. The molecule has 0 N–H and O–H groups in total. The van der Waals surface area contributed by atoms with E-state index in [1.54, 1.807) is 18.3 Å². The summed E-state index contributed by atoms with van der Waals surface area (Å²) in [7, 11) is -3.99. The van der Waals surface area contributed by atoms with Crippen LogP contribution in [0.4, 0.5) is 0 Å². The fourth-order valence-electron chi connectivity index (χ4n) is 2.94. The van der Waals surface area contributed by atoms with Crippen molar-refractivity contribution in [2.75, 3.05) is 0 Å². The van der Waals surface area contributed by atoms with Gasteiger partial charge in [0.1, 0.15) is 11.5 Å². The normalized spacial score (nSPS) is 10.8. The molecule has 32 heavy (non-hydrogen) atoms. The molecule has 0 unspecified atom stereocenters. The maximum atomic E-state index is 12.3. The number of aryl methyl sites for hydroxylation is 1. The van der Waals surface area contributed by atoms with Gasteiger partial charge in [0, 0.05) is 0 Å². The summed E-state index contributed by atoms with van der Waals surface area (Å²) in [5.41, 5.74) is 3.58. The minimum Gasteiger partial charge on any atom is -0.471 e. The number of hydrogen-bond donors (Lipinski definition) is 0. The molecule has 0 aliphatic rings. The molecule has 0 saturated heterocycles. The van der Waals surface area contributed by atoms with Crippen LogP contribution in [0.3, 0.4) is 0 Å². The van der Waals surface area contributed by atoms with Crippen LogP contribution in [0.5, 0.6) is 5.88 Å². The monoisotopic (exact) mass is 444 g/mol. The lowest BCUT2D eigenvalue weighted by Gasteiger charge is -2.05. The van der Waals surface area contributed by atoms with Crippen molar-refractivity contribution >= 4 is 10.1 Å². The zero-order chi connectivity index (χ0) is 22.4. The van der Waals surface area contributed by atoms with Crippen LogP contribution in [-0.2, 0) is 20.9 Å². The summed E-state index contributed by atoms with van der Waals surface area (Å²) in [5.74, 6) is 0.385. The number of rotatable bonds is 6. The van der Waals surface area contributed by atoms with Crippen molar-refractivity contribution in [3.05, 3.63) is 102 Å². The molecular formula is C25H20N2O4S. The Morgan fingerprint density at radius 1 is 0.906 bits per heavy atom. The quantitative estimate of drug-likeness (QED) is 0.321. The highest BCUT2D eigenvalue weighted by Gasteiger charge is 2.15. The van der Waals surface area contributed by atoms with Gasteiger partial charge < -0.3 is 8.92 Å². The molecule has 0 fully saturated rings. The van der Waals surface area contributed by atoms with Crippen molar-refractivity contribution in [1.29, 1.82) is 0 Å². The molecule has 160 valence electrons. The highest BCUT2D eigenvalue weighted by atomic mass is 32.2. The molecule has 4 aromatic rings. The number of ether oxygens (including phenoxy) is 1. The van der Waals surface area contributed by atoms with E-state index in [0.717, 1.165) is 22.3 Å². The number of hydrogen-bond acceptors (Lipinski definition) is 5. The van der Waals surface area contributed by atoms with Gasteiger partial charge in [0.05, 0.1) is 17.8 Å². The highest BCUT2D eigenvalue weighted by molar-refractivity contribution is 7.86. The fourth-order valence-corrected chi connectivity index (χ4v) is 3.65. The van der Waals surface area contributed by atoms with Crippen LogP contribution in [0.25, 0.3) is 11.1 Å². The third-order valence-corrected chi connectivity index (χ3v) is 5.76. The molecule has 6 nitrogen and oxygen atoms in total. The third kappa shape index (κ3) is 5.17. The Morgan fingerprint density at radius 2 is 1.56 bits per heavy atom. The standard InChI is InChI=1S/C25H20N2O4S/c1-20-12-14-23(15-13-20)32(28,29)31-17-16-27-18-24(22-10-6-3-7-11-22)25(26-27)30-19-21-8-4-2-5-9-21/h2-15,18H,19H2,1H3. The third-order valence-electron chi connectivity index (χ3n) is 4.60. The van der Waals surface area contributed by atoms with E-state index in [4.69, 9.17) is 8.92 Å². The lowest BCUT2D eigenvalue weighted by Crippen LogP contribution is -2.03. The molecule has 0 bridgehead atoms. The molecule has 0 saturated carbocycles. The van der Waals surface area contributed by atoms with Gasteiger partial charge in [0.2, 0.25) is 5.88 Å². The topological polar surface area (TPSA) is 70.4 Å². The van der Waals surface area contributed by atoms with Crippen LogP contribution in [0.1, 0.15) is 11.1 Å². The predicted octanol–water partition coefficient (Wildman–Crippen LogP) is 4.61. The molecular weight excluding hydrogens is 424 g/mol. The molecule has 1 heterocycles. The Balaban J connectivity index is 1.57. The van der Waals surface area contributed by atoms with Gasteiger partial charge in [-0.1, -0.05) is 78.4 Å². The maximum absolute atomic E-state index is 12.3. The zero-order valence-electron chi connectivity index (χ0n) is 17.3. The molecule has 1 aromatic heterocycles. The van der Waals surface area contributed by atoms with Gasteiger partial charge in [-0.3, -0.25) is 0 Å². The Hall–Kier alpha value is -4.02. The first kappa shape index (κ1) is 21.2. The molecule has 4 rings (SSSR count). The van der Waals surface area contributed by atoms with Crippen molar-refractivity contribution in [3.8, 4) is 29.2 Å². The minimum atomic E-state index is -3.99. The van der Waals surface area contributed by atoms with E-state index >= 15 is 0 Å². The average molecular weight is 445 g/mol. The van der Waals surface area contributed by atoms with Gasteiger partial charge in [0.25, 0.3) is 0 Å². The summed E-state index contributed by atoms with van der Waals surface area (Å²) in [5, 5.41) is 4.35. The first-order valence-electron chi connectivity index (χ1n) is 9.84. The van der Waals surface area contributed by atoms with E-state index < -0.39 is 10.1 Å².